The van der Waals surface area contributed by atoms with Crippen LogP contribution in [0.5, 0.6) is 0 Å². The van der Waals surface area contributed by atoms with E-state index in [4.69, 9.17) is 14.2 Å². The van der Waals surface area contributed by atoms with Crippen LogP contribution < -0.4 is 4.90 Å². The Morgan fingerprint density at radius 3 is 2.55 bits per heavy atom. The molecule has 1 N–H and O–H groups in total. The van der Waals surface area contributed by atoms with Crippen molar-refractivity contribution >= 4 is 23.7 Å². The van der Waals surface area contributed by atoms with E-state index in [9.17, 15) is 19.5 Å². The predicted octanol–water partition coefficient (Wildman–Crippen LogP) is 0.864. The number of amides is 1. The second-order valence-electron chi connectivity index (χ2n) is 8.78. The van der Waals surface area contributed by atoms with Crippen molar-refractivity contribution in [2.24, 2.45) is 5.41 Å². The molecule has 1 unspecified atom stereocenters. The number of ether oxygens (including phenoxy) is 3. The number of hydrogen-bond donors (Lipinski definition) is 1. The number of rotatable bonds is 5. The highest BCUT2D eigenvalue weighted by molar-refractivity contribution is 5.99. The van der Waals surface area contributed by atoms with Gasteiger partial charge in [0.25, 0.3) is 5.91 Å². The summed E-state index contributed by atoms with van der Waals surface area (Å²) in [7, 11) is 0. The maximum absolute atomic E-state index is 12.7. The highest BCUT2D eigenvalue weighted by Gasteiger charge is 2.41. The Kier molecular flexibility index (Phi) is 6.69. The minimum atomic E-state index is -1.75. The van der Waals surface area contributed by atoms with Crippen molar-refractivity contribution in [1.82, 2.24) is 9.78 Å². The van der Waals surface area contributed by atoms with Gasteiger partial charge in [0, 0.05) is 12.3 Å². The molecule has 1 aromatic rings. The van der Waals surface area contributed by atoms with E-state index in [0.29, 0.717) is 5.82 Å². The number of aromatic nitrogens is 2. The van der Waals surface area contributed by atoms with Crippen LogP contribution in [-0.4, -0.2) is 63.7 Å². The van der Waals surface area contributed by atoms with Crippen molar-refractivity contribution in [1.29, 1.82) is 0 Å². The molecule has 0 spiro atoms. The molecule has 1 aromatic heterocycles. The lowest BCUT2D eigenvalue weighted by Crippen LogP contribution is -2.55. The predicted molar refractivity (Wildman–Crippen MR) is 102 cm³/mol. The monoisotopic (exact) mass is 411 g/mol. The normalized spacial score (nSPS) is 19.1. The first-order valence-electron chi connectivity index (χ1n) is 9.34. The summed E-state index contributed by atoms with van der Waals surface area (Å²) in [6.07, 6.45) is -1.57. The van der Waals surface area contributed by atoms with Gasteiger partial charge in [0.2, 0.25) is 0 Å². The number of anilines is 1. The molecule has 1 saturated heterocycles. The molecule has 0 bridgehead atoms. The fourth-order valence-electron chi connectivity index (χ4n) is 2.45. The Morgan fingerprint density at radius 1 is 1.31 bits per heavy atom. The van der Waals surface area contributed by atoms with E-state index in [1.807, 2.05) is 0 Å². The molecule has 0 radical (unpaired) electrons. The Balaban J connectivity index is 2.04. The number of morpholine rings is 1. The summed E-state index contributed by atoms with van der Waals surface area (Å²) >= 11 is 0. The van der Waals surface area contributed by atoms with Crippen LogP contribution in [0, 0.1) is 5.41 Å². The van der Waals surface area contributed by atoms with Gasteiger partial charge in [-0.1, -0.05) is 0 Å². The zero-order chi connectivity index (χ0) is 22.0. The zero-order valence-electron chi connectivity index (χ0n) is 17.7. The number of aliphatic hydroxyl groups is 1. The number of carbonyl (C=O) groups is 3. The second kappa shape index (κ2) is 8.50. The third kappa shape index (κ3) is 6.01. The topological polar surface area (TPSA) is 120 Å². The van der Waals surface area contributed by atoms with Crippen LogP contribution in [0.25, 0.3) is 0 Å². The first kappa shape index (κ1) is 22.8. The van der Waals surface area contributed by atoms with E-state index in [0.717, 1.165) is 0 Å². The molecule has 2 heterocycles. The summed E-state index contributed by atoms with van der Waals surface area (Å²) in [4.78, 5) is 38.0. The molecule has 1 amide bonds. The molecule has 1 aliphatic heterocycles. The maximum Gasteiger partial charge on any atom is 0.338 e. The van der Waals surface area contributed by atoms with Crippen LogP contribution >= 0.6 is 0 Å². The first-order valence-corrected chi connectivity index (χ1v) is 9.34. The first-order chi connectivity index (χ1) is 13.3. The Bertz CT molecular complexity index is 761. The largest absolute Gasteiger partial charge is 0.458 e. The maximum atomic E-state index is 12.7. The number of esters is 2. The number of carbonyl (C=O) groups excluding carboxylic acids is 3. The minimum absolute atomic E-state index is 0.0986. The zero-order valence-corrected chi connectivity index (χ0v) is 17.7. The van der Waals surface area contributed by atoms with Crippen molar-refractivity contribution in [3.63, 3.8) is 0 Å². The molecule has 0 saturated carbocycles. The highest BCUT2D eigenvalue weighted by Crippen LogP contribution is 2.21. The molecule has 0 aromatic carbocycles. The average Bonchev–Trinajstić information content (AvgIpc) is 3.05. The van der Waals surface area contributed by atoms with E-state index in [2.05, 4.69) is 5.10 Å². The van der Waals surface area contributed by atoms with Gasteiger partial charge in [0.1, 0.15) is 5.60 Å². The molecule has 29 heavy (non-hydrogen) atoms. The van der Waals surface area contributed by atoms with Crippen LogP contribution in [0.2, 0.25) is 0 Å². The number of aliphatic hydroxyl groups excluding tert-OH is 1. The van der Waals surface area contributed by atoms with Crippen LogP contribution in [0.1, 0.15) is 41.5 Å². The van der Waals surface area contributed by atoms with E-state index in [-0.39, 0.29) is 25.9 Å². The quantitative estimate of drug-likeness (QED) is 0.709. The average molecular weight is 411 g/mol. The summed E-state index contributed by atoms with van der Waals surface area (Å²) in [5.74, 6) is -1.62. The van der Waals surface area contributed by atoms with E-state index in [1.54, 1.807) is 53.8 Å². The smallest absolute Gasteiger partial charge is 0.338 e. The SMILES string of the molecule is CC(C)(C)OC(=O)[C@H](O)C1OCCN(c2ccn(COC(=O)C(C)(C)C)n2)C1=O. The molecular weight excluding hydrogens is 382 g/mol. The van der Waals surface area contributed by atoms with Crippen LogP contribution in [0.4, 0.5) is 5.82 Å². The Hall–Kier alpha value is -2.46. The third-order valence-corrected chi connectivity index (χ3v) is 3.90. The van der Waals surface area contributed by atoms with Crippen molar-refractivity contribution in [3.05, 3.63) is 12.3 Å². The molecule has 10 heteroatoms. The van der Waals surface area contributed by atoms with Gasteiger partial charge in [0.05, 0.1) is 18.6 Å². The van der Waals surface area contributed by atoms with Crippen LogP contribution in [0.15, 0.2) is 12.3 Å². The van der Waals surface area contributed by atoms with Gasteiger partial charge in [-0.15, -0.1) is 0 Å². The van der Waals surface area contributed by atoms with E-state index in [1.165, 1.54) is 9.58 Å². The Morgan fingerprint density at radius 2 is 1.97 bits per heavy atom. The second-order valence-corrected chi connectivity index (χ2v) is 8.78. The number of nitrogens with zero attached hydrogens (tertiary/aromatic N) is 3. The van der Waals surface area contributed by atoms with Gasteiger partial charge in [-0.2, -0.15) is 5.10 Å². The lowest BCUT2D eigenvalue weighted by Gasteiger charge is -2.33. The molecular formula is C19H29N3O7. The summed E-state index contributed by atoms with van der Waals surface area (Å²) < 4.78 is 17.0. The standard InChI is InChI=1S/C19H29N3O7/c1-18(2,3)17(26)28-11-21-8-7-12(20-21)22-9-10-27-14(15(22)24)13(23)16(25)29-19(4,5)6/h7-8,13-14,23H,9-11H2,1-6H3/t13-,14?/m1/s1. The third-order valence-electron chi connectivity index (χ3n) is 3.90. The summed E-state index contributed by atoms with van der Waals surface area (Å²) in [6.45, 7) is 10.4. The van der Waals surface area contributed by atoms with Crippen molar-refractivity contribution in [2.45, 2.75) is 66.1 Å². The molecule has 162 valence electrons. The fraction of sp³-hybridized carbons (Fsp3) is 0.684. The Labute approximate surface area is 169 Å². The van der Waals surface area contributed by atoms with Crippen molar-refractivity contribution in [3.8, 4) is 0 Å². The fourth-order valence-corrected chi connectivity index (χ4v) is 2.45. The molecule has 0 aliphatic carbocycles. The number of hydrogen-bond acceptors (Lipinski definition) is 8. The highest BCUT2D eigenvalue weighted by atomic mass is 16.6. The molecule has 1 aliphatic rings. The van der Waals surface area contributed by atoms with Gasteiger partial charge < -0.3 is 19.3 Å². The van der Waals surface area contributed by atoms with E-state index < -0.39 is 35.1 Å². The van der Waals surface area contributed by atoms with Crippen LogP contribution in [-0.2, 0) is 35.3 Å². The van der Waals surface area contributed by atoms with Gasteiger partial charge in [0.15, 0.2) is 24.8 Å². The summed E-state index contributed by atoms with van der Waals surface area (Å²) in [5, 5.41) is 14.5. The summed E-state index contributed by atoms with van der Waals surface area (Å²) in [6, 6.07) is 1.57. The lowest BCUT2D eigenvalue weighted by molar-refractivity contribution is -0.177. The molecule has 10 nitrogen and oxygen atoms in total. The van der Waals surface area contributed by atoms with E-state index >= 15 is 0 Å². The van der Waals surface area contributed by atoms with Crippen molar-refractivity contribution < 1.29 is 33.7 Å². The van der Waals surface area contributed by atoms with Crippen molar-refractivity contribution in [2.75, 3.05) is 18.1 Å². The van der Waals surface area contributed by atoms with Crippen LogP contribution in [0.3, 0.4) is 0 Å². The van der Waals surface area contributed by atoms with Gasteiger partial charge in [-0.05, 0) is 41.5 Å². The summed E-state index contributed by atoms with van der Waals surface area (Å²) in [5.41, 5.74) is -1.44. The lowest BCUT2D eigenvalue weighted by atomic mass is 9.98. The molecule has 1 fully saturated rings. The van der Waals surface area contributed by atoms with Gasteiger partial charge in [-0.25, -0.2) is 9.48 Å². The van der Waals surface area contributed by atoms with Gasteiger partial charge >= 0.3 is 11.9 Å². The molecule has 2 rings (SSSR count). The molecule has 2 atom stereocenters. The van der Waals surface area contributed by atoms with Gasteiger partial charge in [-0.3, -0.25) is 14.5 Å². The minimum Gasteiger partial charge on any atom is -0.458 e.